The van der Waals surface area contributed by atoms with Crippen LogP contribution in [0, 0.1) is 10.1 Å². The van der Waals surface area contributed by atoms with E-state index in [0.717, 1.165) is 0 Å². The second-order valence-corrected chi connectivity index (χ2v) is 5.76. The van der Waals surface area contributed by atoms with Crippen LogP contribution in [0.2, 0.25) is 0 Å². The summed E-state index contributed by atoms with van der Waals surface area (Å²) in [5.74, 6) is -2.02. The van der Waals surface area contributed by atoms with Crippen molar-refractivity contribution in [3.05, 3.63) is 75.5 Å². The predicted octanol–water partition coefficient (Wildman–Crippen LogP) is 2.79. The Morgan fingerprint density at radius 3 is 2.38 bits per heavy atom. The van der Waals surface area contributed by atoms with Crippen LogP contribution in [0.15, 0.2) is 59.9 Å². The van der Waals surface area contributed by atoms with Crippen LogP contribution in [0.1, 0.15) is 18.5 Å². The van der Waals surface area contributed by atoms with Gasteiger partial charge in [-0.25, -0.2) is 0 Å². The van der Waals surface area contributed by atoms with E-state index < -0.39 is 28.4 Å². The number of hydrogen-bond donors (Lipinski definition) is 2. The zero-order valence-corrected chi connectivity index (χ0v) is 13.6. The van der Waals surface area contributed by atoms with E-state index in [2.05, 4.69) is 0 Å². The van der Waals surface area contributed by atoms with Crippen molar-refractivity contribution in [1.82, 2.24) is 0 Å². The van der Waals surface area contributed by atoms with Crippen molar-refractivity contribution < 1.29 is 24.7 Å². The van der Waals surface area contributed by atoms with Crippen LogP contribution >= 0.6 is 0 Å². The molecule has 26 heavy (non-hydrogen) atoms. The lowest BCUT2D eigenvalue weighted by Crippen LogP contribution is -2.30. The number of nitro groups is 1. The molecule has 132 valence electrons. The number of aromatic hydroxyl groups is 1. The van der Waals surface area contributed by atoms with Gasteiger partial charge in [0.05, 0.1) is 16.5 Å². The van der Waals surface area contributed by atoms with Crippen LogP contribution in [-0.2, 0) is 9.59 Å². The molecule has 1 aliphatic rings. The SMILES string of the molecule is CC(=O)C1=C(O)C(=O)N(c2ccc(O)cc2)[C@H]1c1cccc([N+](=O)[O-])c1. The minimum absolute atomic E-state index is 0.0173. The number of benzene rings is 2. The van der Waals surface area contributed by atoms with Gasteiger partial charge in [-0.15, -0.1) is 0 Å². The van der Waals surface area contributed by atoms with Crippen molar-refractivity contribution in [2.24, 2.45) is 0 Å². The maximum Gasteiger partial charge on any atom is 0.294 e. The van der Waals surface area contributed by atoms with Crippen LogP contribution < -0.4 is 4.90 Å². The van der Waals surface area contributed by atoms with Gasteiger partial charge in [-0.1, -0.05) is 12.1 Å². The third-order valence-corrected chi connectivity index (χ3v) is 4.11. The molecule has 0 unspecified atom stereocenters. The third kappa shape index (κ3) is 2.77. The van der Waals surface area contributed by atoms with Crippen LogP contribution in [0.3, 0.4) is 0 Å². The molecule has 0 aliphatic carbocycles. The number of aliphatic hydroxyl groups is 1. The summed E-state index contributed by atoms with van der Waals surface area (Å²) in [6.45, 7) is 1.21. The Balaban J connectivity index is 2.19. The van der Waals surface area contributed by atoms with Gasteiger partial charge in [-0.3, -0.25) is 24.6 Å². The molecule has 1 heterocycles. The molecule has 2 aromatic rings. The van der Waals surface area contributed by atoms with E-state index in [1.807, 2.05) is 0 Å². The van der Waals surface area contributed by atoms with Crippen molar-refractivity contribution in [3.63, 3.8) is 0 Å². The summed E-state index contributed by atoms with van der Waals surface area (Å²) in [5.41, 5.74) is 0.306. The smallest absolute Gasteiger partial charge is 0.294 e. The molecule has 0 radical (unpaired) electrons. The monoisotopic (exact) mass is 354 g/mol. The van der Waals surface area contributed by atoms with Crippen LogP contribution in [0.4, 0.5) is 11.4 Å². The molecule has 0 saturated carbocycles. The number of nitrogens with zero attached hydrogens (tertiary/aromatic N) is 2. The fourth-order valence-electron chi connectivity index (χ4n) is 2.97. The number of Topliss-reactive ketones (excluding diaryl/α,β-unsaturated/α-hetero) is 1. The zero-order valence-electron chi connectivity index (χ0n) is 13.6. The van der Waals surface area contributed by atoms with Crippen molar-refractivity contribution in [2.75, 3.05) is 4.90 Å². The number of aliphatic hydroxyl groups excluding tert-OH is 1. The number of hydrogen-bond acceptors (Lipinski definition) is 6. The quantitative estimate of drug-likeness (QED) is 0.643. The normalized spacial score (nSPS) is 16.9. The summed E-state index contributed by atoms with van der Waals surface area (Å²) in [6.07, 6.45) is 0. The molecule has 8 nitrogen and oxygen atoms in total. The fourth-order valence-corrected chi connectivity index (χ4v) is 2.97. The average molecular weight is 354 g/mol. The van der Waals surface area contributed by atoms with E-state index in [0.29, 0.717) is 11.3 Å². The Labute approximate surface area is 147 Å². The first-order chi connectivity index (χ1) is 12.3. The van der Waals surface area contributed by atoms with Crippen molar-refractivity contribution >= 4 is 23.1 Å². The highest BCUT2D eigenvalue weighted by atomic mass is 16.6. The highest BCUT2D eigenvalue weighted by Gasteiger charge is 2.43. The van der Waals surface area contributed by atoms with Gasteiger partial charge in [0.1, 0.15) is 5.75 Å². The van der Waals surface area contributed by atoms with Gasteiger partial charge < -0.3 is 10.2 Å². The van der Waals surface area contributed by atoms with Crippen LogP contribution in [0.25, 0.3) is 0 Å². The molecule has 1 aliphatic heterocycles. The lowest BCUT2D eigenvalue weighted by Gasteiger charge is -2.26. The molecule has 1 amide bonds. The van der Waals surface area contributed by atoms with Gasteiger partial charge in [-0.05, 0) is 36.8 Å². The Kier molecular flexibility index (Phi) is 4.17. The van der Waals surface area contributed by atoms with E-state index >= 15 is 0 Å². The Morgan fingerprint density at radius 1 is 1.15 bits per heavy atom. The molecular formula is C18H14N2O6. The second-order valence-electron chi connectivity index (χ2n) is 5.76. The summed E-state index contributed by atoms with van der Waals surface area (Å²) in [6, 6.07) is 10.1. The van der Waals surface area contributed by atoms with Gasteiger partial charge in [0.25, 0.3) is 11.6 Å². The molecule has 2 aromatic carbocycles. The number of rotatable bonds is 4. The third-order valence-electron chi connectivity index (χ3n) is 4.11. The highest BCUT2D eigenvalue weighted by molar-refractivity contribution is 6.16. The van der Waals surface area contributed by atoms with E-state index in [1.54, 1.807) is 6.07 Å². The summed E-state index contributed by atoms with van der Waals surface area (Å²) in [7, 11) is 0. The molecule has 0 fully saturated rings. The van der Waals surface area contributed by atoms with Crippen molar-refractivity contribution in [2.45, 2.75) is 13.0 Å². The largest absolute Gasteiger partial charge is 0.508 e. The standard InChI is InChI=1S/C18H14N2O6/c1-10(21)15-16(11-3-2-4-13(9-11)20(25)26)19(18(24)17(15)23)12-5-7-14(22)8-6-12/h2-9,16,22-23H,1H3/t16-/m0/s1. The van der Waals surface area contributed by atoms with Crippen molar-refractivity contribution in [1.29, 1.82) is 0 Å². The molecule has 3 rings (SSSR count). The lowest BCUT2D eigenvalue weighted by atomic mass is 9.96. The first kappa shape index (κ1) is 17.2. The summed E-state index contributed by atoms with van der Waals surface area (Å²) < 4.78 is 0. The highest BCUT2D eigenvalue weighted by Crippen LogP contribution is 2.41. The van der Waals surface area contributed by atoms with Gasteiger partial charge in [-0.2, -0.15) is 0 Å². The van der Waals surface area contributed by atoms with Crippen molar-refractivity contribution in [3.8, 4) is 5.75 Å². The van der Waals surface area contributed by atoms with E-state index in [4.69, 9.17) is 0 Å². The summed E-state index contributed by atoms with van der Waals surface area (Å²) in [5, 5.41) is 30.7. The number of non-ortho nitro benzene ring substituents is 1. The number of carbonyl (C=O) groups excluding carboxylic acids is 2. The Bertz CT molecular complexity index is 948. The summed E-state index contributed by atoms with van der Waals surface area (Å²) in [4.78, 5) is 36.3. The number of amides is 1. The molecular weight excluding hydrogens is 340 g/mol. The molecule has 2 N–H and O–H groups in total. The number of phenols is 1. The number of phenolic OH excluding ortho intramolecular Hbond substituents is 1. The first-order valence-corrected chi connectivity index (χ1v) is 7.62. The Morgan fingerprint density at radius 2 is 1.81 bits per heavy atom. The number of ketones is 1. The van der Waals surface area contributed by atoms with Gasteiger partial charge >= 0.3 is 0 Å². The number of anilines is 1. The van der Waals surface area contributed by atoms with Gasteiger partial charge in [0.15, 0.2) is 11.5 Å². The predicted molar refractivity (Wildman–Crippen MR) is 91.8 cm³/mol. The topological polar surface area (TPSA) is 121 Å². The van der Waals surface area contributed by atoms with E-state index in [-0.39, 0.29) is 17.0 Å². The van der Waals surface area contributed by atoms with Gasteiger partial charge in [0, 0.05) is 17.8 Å². The minimum Gasteiger partial charge on any atom is -0.508 e. The van der Waals surface area contributed by atoms with E-state index in [1.165, 1.54) is 54.3 Å². The minimum atomic E-state index is -1.01. The molecule has 8 heteroatoms. The molecule has 1 atom stereocenters. The molecule has 0 bridgehead atoms. The zero-order chi connectivity index (χ0) is 19.0. The lowest BCUT2D eigenvalue weighted by molar-refractivity contribution is -0.384. The maximum atomic E-state index is 12.6. The van der Waals surface area contributed by atoms with Crippen LogP contribution in [0.5, 0.6) is 5.75 Å². The maximum absolute atomic E-state index is 12.6. The van der Waals surface area contributed by atoms with Gasteiger partial charge in [0.2, 0.25) is 0 Å². The average Bonchev–Trinajstić information content (AvgIpc) is 2.87. The Hall–Kier alpha value is -3.68. The number of carbonyl (C=O) groups is 2. The second kappa shape index (κ2) is 6.32. The first-order valence-electron chi connectivity index (χ1n) is 7.62. The number of nitro benzene ring substituents is 1. The fraction of sp³-hybridized carbons (Fsp3) is 0.111. The van der Waals surface area contributed by atoms with E-state index in [9.17, 15) is 29.9 Å². The molecule has 0 spiro atoms. The summed E-state index contributed by atoms with van der Waals surface area (Å²) >= 11 is 0. The van der Waals surface area contributed by atoms with Crippen LogP contribution in [-0.4, -0.2) is 26.8 Å². The molecule has 0 saturated heterocycles. The molecule has 0 aromatic heterocycles.